The molecule has 3 N–H and O–H groups in total. The summed E-state index contributed by atoms with van der Waals surface area (Å²) in [5, 5.41) is 2.87. The van der Waals surface area contributed by atoms with E-state index in [4.69, 9.17) is 5.73 Å². The fourth-order valence-electron chi connectivity index (χ4n) is 1.91. The van der Waals surface area contributed by atoms with Crippen LogP contribution in [-0.2, 0) is 6.54 Å². The fraction of sp³-hybridized carbons (Fsp3) is 0.214. The number of carbonyl (C=O) groups is 1. The molecule has 0 aliphatic rings. The van der Waals surface area contributed by atoms with Crippen LogP contribution >= 0.6 is 15.9 Å². The summed E-state index contributed by atoms with van der Waals surface area (Å²) in [6.07, 6.45) is 2.74. The van der Waals surface area contributed by atoms with Gasteiger partial charge < -0.3 is 15.6 Å². The van der Waals surface area contributed by atoms with Crippen molar-refractivity contribution < 1.29 is 4.79 Å². The third kappa shape index (κ3) is 3.38. The summed E-state index contributed by atoms with van der Waals surface area (Å²) >= 11 is 3.38. The maximum atomic E-state index is 12.2. The summed E-state index contributed by atoms with van der Waals surface area (Å²) in [7, 11) is 0. The second kappa shape index (κ2) is 5.93. The molecule has 100 valence electrons. The topological polar surface area (TPSA) is 60.0 Å². The number of rotatable bonds is 4. The Morgan fingerprint density at radius 2 is 2.21 bits per heavy atom. The summed E-state index contributed by atoms with van der Waals surface area (Å²) in [6, 6.07) is 9.18. The van der Waals surface area contributed by atoms with Crippen molar-refractivity contribution in [2.24, 2.45) is 0 Å². The number of hydrogen-bond acceptors (Lipinski definition) is 2. The number of halogens is 1. The molecule has 2 aromatic rings. The highest BCUT2D eigenvalue weighted by atomic mass is 79.9. The normalized spacial score (nSPS) is 10.4. The van der Waals surface area contributed by atoms with Crippen molar-refractivity contribution in [3.63, 3.8) is 0 Å². The molecule has 1 aromatic heterocycles. The van der Waals surface area contributed by atoms with Crippen LogP contribution in [-0.4, -0.2) is 10.5 Å². The van der Waals surface area contributed by atoms with E-state index in [0.717, 1.165) is 23.1 Å². The first-order valence-corrected chi connectivity index (χ1v) is 6.92. The van der Waals surface area contributed by atoms with Crippen LogP contribution < -0.4 is 11.1 Å². The monoisotopic (exact) mass is 321 g/mol. The molecule has 0 radical (unpaired) electrons. The van der Waals surface area contributed by atoms with Crippen molar-refractivity contribution in [2.45, 2.75) is 19.9 Å². The van der Waals surface area contributed by atoms with Gasteiger partial charge in [0, 0.05) is 22.9 Å². The van der Waals surface area contributed by atoms with Gasteiger partial charge in [0.05, 0.1) is 5.69 Å². The van der Waals surface area contributed by atoms with Crippen LogP contribution in [0.4, 0.5) is 11.4 Å². The van der Waals surface area contributed by atoms with Crippen molar-refractivity contribution in [1.29, 1.82) is 0 Å². The second-order valence-electron chi connectivity index (χ2n) is 4.32. The Morgan fingerprint density at radius 3 is 2.89 bits per heavy atom. The second-order valence-corrected chi connectivity index (χ2v) is 5.23. The van der Waals surface area contributed by atoms with Crippen molar-refractivity contribution in [2.75, 3.05) is 11.1 Å². The minimum atomic E-state index is -0.150. The Balaban J connectivity index is 2.20. The summed E-state index contributed by atoms with van der Waals surface area (Å²) in [5.74, 6) is -0.150. The average Bonchev–Trinajstić information content (AvgIpc) is 2.71. The highest BCUT2D eigenvalue weighted by Crippen LogP contribution is 2.18. The molecule has 0 aliphatic heterocycles. The van der Waals surface area contributed by atoms with Gasteiger partial charge in [0.2, 0.25) is 0 Å². The molecule has 1 amide bonds. The number of aryl methyl sites for hydroxylation is 1. The lowest BCUT2D eigenvalue weighted by atomic mass is 10.3. The first kappa shape index (κ1) is 13.7. The molecule has 0 aliphatic carbocycles. The van der Waals surface area contributed by atoms with Crippen molar-refractivity contribution >= 4 is 33.2 Å². The number of nitrogen functional groups attached to an aromatic ring is 1. The van der Waals surface area contributed by atoms with E-state index < -0.39 is 0 Å². The predicted molar refractivity (Wildman–Crippen MR) is 81.2 cm³/mol. The smallest absolute Gasteiger partial charge is 0.272 e. The third-order valence-electron chi connectivity index (χ3n) is 2.70. The Labute approximate surface area is 120 Å². The lowest BCUT2D eigenvalue weighted by Crippen LogP contribution is -2.16. The van der Waals surface area contributed by atoms with Gasteiger partial charge >= 0.3 is 0 Å². The van der Waals surface area contributed by atoms with Crippen LogP contribution in [0.25, 0.3) is 0 Å². The zero-order valence-electron chi connectivity index (χ0n) is 10.7. The van der Waals surface area contributed by atoms with Crippen molar-refractivity contribution in [1.82, 2.24) is 4.57 Å². The van der Waals surface area contributed by atoms with Gasteiger partial charge in [0.25, 0.3) is 5.91 Å². The first-order valence-electron chi connectivity index (χ1n) is 6.12. The first-order chi connectivity index (χ1) is 9.10. The molecular formula is C14H16BrN3O. The number of aromatic nitrogens is 1. The van der Waals surface area contributed by atoms with Gasteiger partial charge in [0.15, 0.2) is 0 Å². The number of anilines is 2. The zero-order valence-corrected chi connectivity index (χ0v) is 12.3. The Kier molecular flexibility index (Phi) is 4.27. The van der Waals surface area contributed by atoms with Gasteiger partial charge in [0.1, 0.15) is 5.69 Å². The molecular weight excluding hydrogens is 306 g/mol. The Morgan fingerprint density at radius 1 is 1.42 bits per heavy atom. The molecule has 0 unspecified atom stereocenters. The van der Waals surface area contributed by atoms with E-state index >= 15 is 0 Å². The van der Waals surface area contributed by atoms with E-state index in [1.54, 1.807) is 12.3 Å². The summed E-state index contributed by atoms with van der Waals surface area (Å²) in [6.45, 7) is 2.84. The number of amides is 1. The van der Waals surface area contributed by atoms with Gasteiger partial charge in [-0.3, -0.25) is 4.79 Å². The lowest BCUT2D eigenvalue weighted by molar-refractivity contribution is 0.101. The Bertz CT molecular complexity index is 592. The quantitative estimate of drug-likeness (QED) is 0.905. The van der Waals surface area contributed by atoms with E-state index in [0.29, 0.717) is 11.4 Å². The van der Waals surface area contributed by atoms with E-state index in [-0.39, 0.29) is 5.91 Å². The average molecular weight is 322 g/mol. The third-order valence-corrected chi connectivity index (χ3v) is 3.19. The molecule has 1 aromatic carbocycles. The number of benzene rings is 1. The Hall–Kier alpha value is -1.75. The molecule has 5 heteroatoms. The van der Waals surface area contributed by atoms with Crippen LogP contribution in [0.2, 0.25) is 0 Å². The summed E-state index contributed by atoms with van der Waals surface area (Å²) < 4.78 is 2.80. The molecule has 0 spiro atoms. The number of hydrogen-bond donors (Lipinski definition) is 2. The van der Waals surface area contributed by atoms with Crippen LogP contribution in [0.1, 0.15) is 23.8 Å². The standard InChI is InChI=1S/C14H16BrN3O/c1-2-6-18-9-11(16)8-13(18)14(19)17-12-5-3-4-10(15)7-12/h3-5,7-9H,2,6,16H2,1H3,(H,17,19). The highest BCUT2D eigenvalue weighted by Gasteiger charge is 2.12. The van der Waals surface area contributed by atoms with Gasteiger partial charge in [-0.05, 0) is 30.7 Å². The number of nitrogens with zero attached hydrogens (tertiary/aromatic N) is 1. The van der Waals surface area contributed by atoms with Crippen LogP contribution in [0.15, 0.2) is 41.0 Å². The minimum Gasteiger partial charge on any atom is -0.397 e. The van der Waals surface area contributed by atoms with Crippen molar-refractivity contribution in [3.8, 4) is 0 Å². The molecule has 1 heterocycles. The van der Waals surface area contributed by atoms with Gasteiger partial charge in [-0.2, -0.15) is 0 Å². The minimum absolute atomic E-state index is 0.150. The molecule has 19 heavy (non-hydrogen) atoms. The largest absolute Gasteiger partial charge is 0.397 e. The lowest BCUT2D eigenvalue weighted by Gasteiger charge is -2.08. The predicted octanol–water partition coefficient (Wildman–Crippen LogP) is 3.50. The SMILES string of the molecule is CCCn1cc(N)cc1C(=O)Nc1cccc(Br)c1. The highest BCUT2D eigenvalue weighted by molar-refractivity contribution is 9.10. The molecule has 0 saturated carbocycles. The van der Waals surface area contributed by atoms with Crippen LogP contribution in [0.5, 0.6) is 0 Å². The van der Waals surface area contributed by atoms with E-state index in [2.05, 4.69) is 28.2 Å². The molecule has 0 atom stereocenters. The number of carbonyl (C=O) groups excluding carboxylic acids is 1. The number of nitrogens with one attached hydrogen (secondary N) is 1. The molecule has 4 nitrogen and oxygen atoms in total. The van der Waals surface area contributed by atoms with E-state index in [9.17, 15) is 4.79 Å². The summed E-state index contributed by atoms with van der Waals surface area (Å²) in [4.78, 5) is 12.2. The summed E-state index contributed by atoms with van der Waals surface area (Å²) in [5.41, 5.74) is 7.70. The molecule has 0 fully saturated rings. The zero-order chi connectivity index (χ0) is 13.8. The molecule has 0 bridgehead atoms. The molecule has 2 rings (SSSR count). The van der Waals surface area contributed by atoms with E-state index in [1.165, 1.54) is 0 Å². The maximum Gasteiger partial charge on any atom is 0.272 e. The van der Waals surface area contributed by atoms with Gasteiger partial charge in [-0.25, -0.2) is 0 Å². The van der Waals surface area contributed by atoms with Crippen LogP contribution in [0, 0.1) is 0 Å². The fourth-order valence-corrected chi connectivity index (χ4v) is 2.31. The van der Waals surface area contributed by atoms with Crippen molar-refractivity contribution in [3.05, 3.63) is 46.7 Å². The molecule has 0 saturated heterocycles. The van der Waals surface area contributed by atoms with Crippen LogP contribution in [0.3, 0.4) is 0 Å². The van der Waals surface area contributed by atoms with Gasteiger partial charge in [-0.15, -0.1) is 0 Å². The van der Waals surface area contributed by atoms with Gasteiger partial charge in [-0.1, -0.05) is 28.9 Å². The van der Waals surface area contributed by atoms with E-state index in [1.807, 2.05) is 28.8 Å². The number of nitrogens with two attached hydrogens (primary N) is 1. The maximum absolute atomic E-state index is 12.2.